The molecule has 6 nitrogen and oxygen atoms in total. The monoisotopic (exact) mass is 265 g/mol. The number of nitrogens with two attached hydrogens (primary N) is 1. The predicted molar refractivity (Wildman–Crippen MR) is 74.0 cm³/mol. The van der Waals surface area contributed by atoms with Gasteiger partial charge >= 0.3 is 5.97 Å². The molecule has 1 aromatic rings. The number of amides is 1. The zero-order chi connectivity index (χ0) is 14.4. The molecule has 0 saturated heterocycles. The molecular formula is C13H19N3O3. The van der Waals surface area contributed by atoms with E-state index in [-0.39, 0.29) is 5.91 Å². The van der Waals surface area contributed by atoms with E-state index in [9.17, 15) is 9.59 Å². The molecule has 0 heterocycles. The molecule has 0 fully saturated rings. The highest BCUT2D eigenvalue weighted by molar-refractivity contribution is 5.97. The minimum atomic E-state index is -0.502. The molecule has 0 radical (unpaired) electrons. The molecule has 0 saturated carbocycles. The smallest absolute Gasteiger partial charge is 0.340 e. The van der Waals surface area contributed by atoms with Gasteiger partial charge in [-0.1, -0.05) is 0 Å². The molecule has 1 amide bonds. The fourth-order valence-electron chi connectivity index (χ4n) is 1.59. The number of anilines is 2. The third-order valence-electron chi connectivity index (χ3n) is 2.57. The molecule has 1 unspecified atom stereocenters. The number of esters is 1. The van der Waals surface area contributed by atoms with Crippen LogP contribution in [0.1, 0.15) is 24.2 Å². The number of carbonyl (C=O) groups is 2. The van der Waals surface area contributed by atoms with E-state index in [1.54, 1.807) is 19.1 Å². The summed E-state index contributed by atoms with van der Waals surface area (Å²) in [5.74, 6) is -0.645. The lowest BCUT2D eigenvalue weighted by Gasteiger charge is -2.17. The van der Waals surface area contributed by atoms with Gasteiger partial charge in [-0.3, -0.25) is 4.79 Å². The number of ether oxygens (including phenoxy) is 1. The highest BCUT2D eigenvalue weighted by Gasteiger charge is 2.17. The van der Waals surface area contributed by atoms with Gasteiger partial charge in [-0.05, 0) is 32.0 Å². The first-order valence-electron chi connectivity index (χ1n) is 6.01. The Morgan fingerprint density at radius 1 is 1.42 bits per heavy atom. The lowest BCUT2D eigenvalue weighted by atomic mass is 10.1. The number of hydrogen-bond donors (Lipinski definition) is 3. The van der Waals surface area contributed by atoms with Crippen molar-refractivity contribution >= 4 is 23.3 Å². The Morgan fingerprint density at radius 3 is 2.68 bits per heavy atom. The summed E-state index contributed by atoms with van der Waals surface area (Å²) in [6.45, 7) is 4.10. The van der Waals surface area contributed by atoms with Gasteiger partial charge in [0, 0.05) is 17.9 Å². The van der Waals surface area contributed by atoms with Crippen LogP contribution in [0.25, 0.3) is 0 Å². The van der Waals surface area contributed by atoms with Crippen LogP contribution in [-0.2, 0) is 9.53 Å². The number of hydrogen-bond acceptors (Lipinski definition) is 5. The molecule has 0 aliphatic heterocycles. The summed E-state index contributed by atoms with van der Waals surface area (Å²) in [5, 5.41) is 5.67. The Hall–Kier alpha value is -2.24. The van der Waals surface area contributed by atoms with Gasteiger partial charge in [-0.25, -0.2) is 4.79 Å². The van der Waals surface area contributed by atoms with Crippen molar-refractivity contribution in [3.8, 4) is 0 Å². The lowest BCUT2D eigenvalue weighted by molar-refractivity contribution is -0.121. The predicted octanol–water partition coefficient (Wildman–Crippen LogP) is 0.992. The molecule has 104 valence electrons. The van der Waals surface area contributed by atoms with E-state index < -0.39 is 12.0 Å². The standard InChI is InChI=1S/C13H19N3O3/c1-4-15-12(17)8(2)16-11-6-5-9(14)7-10(11)13(18)19-3/h5-8,16H,4,14H2,1-3H3,(H,15,17). The molecule has 1 atom stereocenters. The van der Waals surface area contributed by atoms with Crippen molar-refractivity contribution in [2.24, 2.45) is 0 Å². The normalized spacial score (nSPS) is 11.5. The second-order valence-corrected chi connectivity index (χ2v) is 4.06. The number of rotatable bonds is 5. The van der Waals surface area contributed by atoms with Crippen molar-refractivity contribution < 1.29 is 14.3 Å². The van der Waals surface area contributed by atoms with E-state index in [4.69, 9.17) is 5.73 Å². The maximum atomic E-state index is 11.7. The topological polar surface area (TPSA) is 93.5 Å². The summed E-state index contributed by atoms with van der Waals surface area (Å²) < 4.78 is 4.69. The van der Waals surface area contributed by atoms with E-state index in [0.29, 0.717) is 23.5 Å². The highest BCUT2D eigenvalue weighted by Crippen LogP contribution is 2.20. The SMILES string of the molecule is CCNC(=O)C(C)Nc1ccc(N)cc1C(=O)OC. The molecule has 1 rings (SSSR count). The van der Waals surface area contributed by atoms with Crippen molar-refractivity contribution in [1.82, 2.24) is 5.32 Å². The molecule has 6 heteroatoms. The van der Waals surface area contributed by atoms with Gasteiger partial charge in [-0.15, -0.1) is 0 Å². The Kier molecular flexibility index (Phi) is 5.17. The van der Waals surface area contributed by atoms with Crippen LogP contribution in [0.15, 0.2) is 18.2 Å². The van der Waals surface area contributed by atoms with Crippen LogP contribution in [0.5, 0.6) is 0 Å². The number of likely N-dealkylation sites (N-methyl/N-ethyl adjacent to an activating group) is 1. The minimum absolute atomic E-state index is 0.143. The van der Waals surface area contributed by atoms with Crippen molar-refractivity contribution in [1.29, 1.82) is 0 Å². The zero-order valence-corrected chi connectivity index (χ0v) is 11.3. The molecule has 0 bridgehead atoms. The van der Waals surface area contributed by atoms with Crippen LogP contribution in [0.4, 0.5) is 11.4 Å². The summed E-state index contributed by atoms with van der Waals surface area (Å²) >= 11 is 0. The van der Waals surface area contributed by atoms with Gasteiger partial charge in [0.1, 0.15) is 6.04 Å². The maximum Gasteiger partial charge on any atom is 0.340 e. The Balaban J connectivity index is 2.94. The van der Waals surface area contributed by atoms with Crippen molar-refractivity contribution in [2.75, 3.05) is 24.7 Å². The summed E-state index contributed by atoms with van der Waals surface area (Å²) in [7, 11) is 1.29. The average Bonchev–Trinajstić information content (AvgIpc) is 2.40. The fraction of sp³-hybridized carbons (Fsp3) is 0.385. The zero-order valence-electron chi connectivity index (χ0n) is 11.3. The lowest BCUT2D eigenvalue weighted by Crippen LogP contribution is -2.37. The summed E-state index contributed by atoms with van der Waals surface area (Å²) in [4.78, 5) is 23.3. The average molecular weight is 265 g/mol. The fourth-order valence-corrected chi connectivity index (χ4v) is 1.59. The van der Waals surface area contributed by atoms with Crippen LogP contribution in [-0.4, -0.2) is 31.6 Å². The molecule has 1 aromatic carbocycles. The Morgan fingerprint density at radius 2 is 2.11 bits per heavy atom. The van der Waals surface area contributed by atoms with Crippen molar-refractivity contribution in [3.63, 3.8) is 0 Å². The number of nitrogen functional groups attached to an aromatic ring is 1. The number of methoxy groups -OCH3 is 1. The van der Waals surface area contributed by atoms with Crippen molar-refractivity contribution in [2.45, 2.75) is 19.9 Å². The second-order valence-electron chi connectivity index (χ2n) is 4.06. The van der Waals surface area contributed by atoms with E-state index in [1.165, 1.54) is 13.2 Å². The van der Waals surface area contributed by atoms with Gasteiger partial charge in [0.2, 0.25) is 5.91 Å². The minimum Gasteiger partial charge on any atom is -0.465 e. The third-order valence-corrected chi connectivity index (χ3v) is 2.57. The Bertz CT molecular complexity index is 474. The quantitative estimate of drug-likeness (QED) is 0.545. The number of carbonyl (C=O) groups excluding carboxylic acids is 2. The second kappa shape index (κ2) is 6.63. The van der Waals surface area contributed by atoms with Gasteiger partial charge in [0.05, 0.1) is 12.7 Å². The van der Waals surface area contributed by atoms with E-state index in [0.717, 1.165) is 0 Å². The number of nitrogens with one attached hydrogen (secondary N) is 2. The van der Waals surface area contributed by atoms with Gasteiger partial charge in [-0.2, -0.15) is 0 Å². The van der Waals surface area contributed by atoms with E-state index >= 15 is 0 Å². The van der Waals surface area contributed by atoms with Crippen LogP contribution < -0.4 is 16.4 Å². The summed E-state index contributed by atoms with van der Waals surface area (Å²) in [6, 6.07) is 4.35. The molecule has 4 N–H and O–H groups in total. The first kappa shape index (κ1) is 14.8. The molecular weight excluding hydrogens is 246 g/mol. The van der Waals surface area contributed by atoms with Gasteiger partial charge in [0.25, 0.3) is 0 Å². The maximum absolute atomic E-state index is 11.7. The molecule has 0 aliphatic carbocycles. The first-order chi connectivity index (χ1) is 8.99. The summed E-state index contributed by atoms with van der Waals surface area (Å²) in [6.07, 6.45) is 0. The van der Waals surface area contributed by atoms with Crippen LogP contribution in [0, 0.1) is 0 Å². The van der Waals surface area contributed by atoms with Gasteiger partial charge in [0.15, 0.2) is 0 Å². The van der Waals surface area contributed by atoms with Crippen LogP contribution in [0.3, 0.4) is 0 Å². The van der Waals surface area contributed by atoms with Crippen LogP contribution >= 0.6 is 0 Å². The Labute approximate surface area is 112 Å². The molecule has 19 heavy (non-hydrogen) atoms. The summed E-state index contributed by atoms with van der Waals surface area (Å²) in [5.41, 5.74) is 6.92. The largest absolute Gasteiger partial charge is 0.465 e. The molecule has 0 aromatic heterocycles. The van der Waals surface area contributed by atoms with Crippen LogP contribution in [0.2, 0.25) is 0 Å². The van der Waals surface area contributed by atoms with E-state index in [1.807, 2.05) is 6.92 Å². The third kappa shape index (κ3) is 3.87. The van der Waals surface area contributed by atoms with E-state index in [2.05, 4.69) is 15.4 Å². The molecule has 0 aliphatic rings. The first-order valence-corrected chi connectivity index (χ1v) is 6.01. The van der Waals surface area contributed by atoms with Crippen molar-refractivity contribution in [3.05, 3.63) is 23.8 Å². The highest BCUT2D eigenvalue weighted by atomic mass is 16.5. The molecule has 0 spiro atoms. The number of benzene rings is 1. The van der Waals surface area contributed by atoms with Gasteiger partial charge < -0.3 is 21.1 Å².